The summed E-state index contributed by atoms with van der Waals surface area (Å²) in [5, 5.41) is 13.0. The molecule has 1 saturated heterocycles. The Morgan fingerprint density at radius 1 is 1.06 bits per heavy atom. The number of aryl methyl sites for hydroxylation is 1. The van der Waals surface area contributed by atoms with Crippen molar-refractivity contribution in [2.45, 2.75) is 25.9 Å². The number of rotatable bonds is 6. The predicted octanol–water partition coefficient (Wildman–Crippen LogP) is 4.94. The predicted molar refractivity (Wildman–Crippen MR) is 121 cm³/mol. The Morgan fingerprint density at radius 3 is 2.45 bits per heavy atom. The molecule has 0 bridgehead atoms. The number of methoxy groups -OCH3 is 1. The number of Topliss-reactive ketones (excluding diaryl/α,β-unsaturated/α-hetero) is 1. The highest BCUT2D eigenvalue weighted by Crippen LogP contribution is 2.42. The maximum Gasteiger partial charge on any atom is 0.295 e. The topological polar surface area (TPSA) is 66.8 Å². The molecule has 2 heterocycles. The molecule has 1 aliphatic rings. The second kappa shape index (κ2) is 8.78. The number of ketones is 1. The second-order valence-electron chi connectivity index (χ2n) is 7.30. The fourth-order valence-electron chi connectivity index (χ4n) is 3.86. The highest BCUT2D eigenvalue weighted by Gasteiger charge is 2.46. The second-order valence-corrected chi connectivity index (χ2v) is 8.28. The van der Waals surface area contributed by atoms with Crippen LogP contribution >= 0.6 is 11.3 Å². The summed E-state index contributed by atoms with van der Waals surface area (Å²) in [5.41, 5.74) is 2.56. The van der Waals surface area contributed by atoms with Crippen molar-refractivity contribution in [1.29, 1.82) is 0 Å². The van der Waals surface area contributed by atoms with E-state index in [0.29, 0.717) is 11.3 Å². The summed E-state index contributed by atoms with van der Waals surface area (Å²) in [6.45, 7) is 2.25. The van der Waals surface area contributed by atoms with Crippen LogP contribution in [0.1, 0.15) is 34.5 Å². The van der Waals surface area contributed by atoms with E-state index in [2.05, 4.69) is 6.92 Å². The maximum atomic E-state index is 13.1. The van der Waals surface area contributed by atoms with Crippen molar-refractivity contribution in [3.63, 3.8) is 0 Å². The van der Waals surface area contributed by atoms with Gasteiger partial charge in [-0.25, -0.2) is 0 Å². The quantitative estimate of drug-likeness (QED) is 0.340. The van der Waals surface area contributed by atoms with Crippen molar-refractivity contribution in [2.75, 3.05) is 7.11 Å². The van der Waals surface area contributed by atoms with Crippen LogP contribution in [0.25, 0.3) is 5.76 Å². The zero-order valence-corrected chi connectivity index (χ0v) is 18.2. The van der Waals surface area contributed by atoms with Crippen LogP contribution in [-0.2, 0) is 22.6 Å². The van der Waals surface area contributed by atoms with Gasteiger partial charge in [0.05, 0.1) is 25.3 Å². The Bertz CT molecular complexity index is 1130. The Morgan fingerprint density at radius 2 is 1.81 bits per heavy atom. The van der Waals surface area contributed by atoms with Crippen LogP contribution in [-0.4, -0.2) is 28.8 Å². The molecular weight excluding hydrogens is 410 g/mol. The average molecular weight is 434 g/mol. The molecule has 0 radical (unpaired) electrons. The number of nitrogens with zero attached hydrogens (tertiary/aromatic N) is 1. The summed E-state index contributed by atoms with van der Waals surface area (Å²) in [5.74, 6) is -0.812. The van der Waals surface area contributed by atoms with Gasteiger partial charge in [-0.15, -0.1) is 11.3 Å². The molecule has 0 saturated carbocycles. The van der Waals surface area contributed by atoms with E-state index in [1.807, 2.05) is 53.9 Å². The van der Waals surface area contributed by atoms with Crippen LogP contribution in [0.2, 0.25) is 0 Å². The smallest absolute Gasteiger partial charge is 0.295 e. The Balaban J connectivity index is 1.81. The normalized spacial score (nSPS) is 17.9. The Kier molecular flexibility index (Phi) is 5.91. The van der Waals surface area contributed by atoms with E-state index < -0.39 is 17.7 Å². The van der Waals surface area contributed by atoms with Gasteiger partial charge in [0.15, 0.2) is 0 Å². The largest absolute Gasteiger partial charge is 0.507 e. The minimum Gasteiger partial charge on any atom is -0.507 e. The molecule has 6 heteroatoms. The van der Waals surface area contributed by atoms with Gasteiger partial charge >= 0.3 is 0 Å². The van der Waals surface area contributed by atoms with Gasteiger partial charge in [-0.1, -0.05) is 55.5 Å². The number of ether oxygens (including phenoxy) is 1. The summed E-state index contributed by atoms with van der Waals surface area (Å²) in [4.78, 5) is 28.5. The Hall–Kier alpha value is -3.38. The van der Waals surface area contributed by atoms with Crippen molar-refractivity contribution in [3.8, 4) is 5.75 Å². The summed E-state index contributed by atoms with van der Waals surface area (Å²) in [6, 6.07) is 17.9. The first kappa shape index (κ1) is 20.9. The number of aliphatic hydroxyl groups is 1. The molecule has 1 aliphatic heterocycles. The van der Waals surface area contributed by atoms with Crippen LogP contribution in [0.5, 0.6) is 5.75 Å². The molecule has 1 atom stereocenters. The van der Waals surface area contributed by atoms with Crippen molar-refractivity contribution < 1.29 is 19.4 Å². The van der Waals surface area contributed by atoms with Gasteiger partial charge in [-0.2, -0.15) is 0 Å². The van der Waals surface area contributed by atoms with E-state index in [0.717, 1.165) is 22.4 Å². The van der Waals surface area contributed by atoms with Crippen molar-refractivity contribution >= 4 is 28.8 Å². The molecule has 1 aromatic heterocycles. The fourth-order valence-corrected chi connectivity index (χ4v) is 4.70. The molecule has 158 valence electrons. The van der Waals surface area contributed by atoms with E-state index in [4.69, 9.17) is 4.74 Å². The first-order valence-corrected chi connectivity index (χ1v) is 11.0. The summed E-state index contributed by atoms with van der Waals surface area (Å²) < 4.78 is 5.43. The summed E-state index contributed by atoms with van der Waals surface area (Å²) in [7, 11) is 1.57. The van der Waals surface area contributed by atoms with Crippen LogP contribution in [0, 0.1) is 0 Å². The number of hydrogen-bond acceptors (Lipinski definition) is 5. The number of hydrogen-bond donors (Lipinski definition) is 1. The third-order valence-corrected chi connectivity index (χ3v) is 6.45. The lowest BCUT2D eigenvalue weighted by Gasteiger charge is -2.25. The highest BCUT2D eigenvalue weighted by molar-refractivity contribution is 7.10. The van der Waals surface area contributed by atoms with Crippen molar-refractivity contribution in [2.24, 2.45) is 0 Å². The van der Waals surface area contributed by atoms with Gasteiger partial charge in [-0.05, 0) is 29.5 Å². The molecule has 2 aromatic carbocycles. The lowest BCUT2D eigenvalue weighted by molar-refractivity contribution is -0.140. The van der Waals surface area contributed by atoms with Gasteiger partial charge in [0.1, 0.15) is 11.5 Å². The lowest BCUT2D eigenvalue weighted by atomic mass is 9.99. The lowest BCUT2D eigenvalue weighted by Crippen LogP contribution is -2.29. The number of para-hydroxylation sites is 1. The molecular formula is C25H23NO4S. The minimum atomic E-state index is -0.676. The average Bonchev–Trinajstić information content (AvgIpc) is 3.42. The first-order valence-electron chi connectivity index (χ1n) is 10.1. The SMILES string of the molecule is CCc1ccc(/C(O)=C2/C(=O)C(=O)N(Cc3ccccc3OC)C2c2cccs2)cc1. The van der Waals surface area contributed by atoms with Gasteiger partial charge in [-0.3, -0.25) is 9.59 Å². The van der Waals surface area contributed by atoms with Gasteiger partial charge in [0, 0.05) is 16.0 Å². The summed E-state index contributed by atoms with van der Waals surface area (Å²) >= 11 is 1.45. The molecule has 1 amide bonds. The van der Waals surface area contributed by atoms with E-state index >= 15 is 0 Å². The molecule has 1 N–H and O–H groups in total. The standard InChI is InChI=1S/C25H23NO4S/c1-3-16-10-12-17(13-11-16)23(27)21-22(20-9-6-14-31-20)26(25(29)24(21)28)15-18-7-4-5-8-19(18)30-2/h4-14,22,27H,3,15H2,1-2H3/b23-21-. The van der Waals surface area contributed by atoms with Crippen LogP contribution in [0.15, 0.2) is 71.6 Å². The number of likely N-dealkylation sites (tertiary alicyclic amines) is 1. The fraction of sp³-hybridized carbons (Fsp3) is 0.200. The van der Waals surface area contributed by atoms with Gasteiger partial charge in [0.25, 0.3) is 11.7 Å². The number of benzene rings is 2. The van der Waals surface area contributed by atoms with Gasteiger partial charge in [0.2, 0.25) is 0 Å². The van der Waals surface area contributed by atoms with Gasteiger partial charge < -0.3 is 14.7 Å². The molecule has 1 unspecified atom stereocenters. The number of carbonyl (C=O) groups excluding carboxylic acids is 2. The molecule has 1 fully saturated rings. The number of amides is 1. The molecule has 4 rings (SSSR count). The molecule has 0 aliphatic carbocycles. The van der Waals surface area contributed by atoms with E-state index in [1.54, 1.807) is 19.2 Å². The van der Waals surface area contributed by atoms with E-state index in [9.17, 15) is 14.7 Å². The third kappa shape index (κ3) is 3.86. The number of carbonyl (C=O) groups is 2. The Labute approximate surface area is 185 Å². The van der Waals surface area contributed by atoms with E-state index in [-0.39, 0.29) is 17.9 Å². The van der Waals surface area contributed by atoms with Crippen LogP contribution < -0.4 is 4.74 Å². The molecule has 31 heavy (non-hydrogen) atoms. The number of aliphatic hydroxyl groups excluding tert-OH is 1. The highest BCUT2D eigenvalue weighted by atomic mass is 32.1. The molecule has 5 nitrogen and oxygen atoms in total. The first-order chi connectivity index (χ1) is 15.0. The zero-order valence-electron chi connectivity index (χ0n) is 17.4. The third-order valence-electron chi connectivity index (χ3n) is 5.52. The van der Waals surface area contributed by atoms with Crippen LogP contribution in [0.3, 0.4) is 0 Å². The van der Waals surface area contributed by atoms with E-state index in [1.165, 1.54) is 16.2 Å². The summed E-state index contributed by atoms with van der Waals surface area (Å²) in [6.07, 6.45) is 0.875. The minimum absolute atomic E-state index is 0.117. The van der Waals surface area contributed by atoms with Crippen LogP contribution in [0.4, 0.5) is 0 Å². The van der Waals surface area contributed by atoms with Crippen molar-refractivity contribution in [1.82, 2.24) is 4.90 Å². The molecule has 3 aromatic rings. The van der Waals surface area contributed by atoms with Crippen molar-refractivity contribution in [3.05, 3.63) is 93.2 Å². The number of thiophene rings is 1. The maximum absolute atomic E-state index is 13.1. The zero-order chi connectivity index (χ0) is 22.0. The molecule has 0 spiro atoms. The monoisotopic (exact) mass is 433 g/mol.